The lowest BCUT2D eigenvalue weighted by Gasteiger charge is -2.13. The number of nitrogens with zero attached hydrogens (tertiary/aromatic N) is 3. The molecule has 1 aromatic heterocycles. The Kier molecular flexibility index (Phi) is 12.1. The van der Waals surface area contributed by atoms with Gasteiger partial charge in [-0.15, -0.1) is 15.0 Å². The van der Waals surface area contributed by atoms with Gasteiger partial charge in [-0.3, -0.25) is 0 Å². The van der Waals surface area contributed by atoms with Crippen molar-refractivity contribution in [2.45, 2.75) is 123 Å². The van der Waals surface area contributed by atoms with Crippen molar-refractivity contribution < 1.29 is 5.11 Å². The fraction of sp³-hybridized carbons (Fsp3) is 0.613. The first-order valence-electron chi connectivity index (χ1n) is 14.4. The Morgan fingerprint density at radius 2 is 1.11 bits per heavy atom. The smallest absolute Gasteiger partial charge is 0.146 e. The van der Waals surface area contributed by atoms with Crippen LogP contribution in [0.5, 0.6) is 5.75 Å². The third-order valence-corrected chi connectivity index (χ3v) is 7.10. The topological polar surface area (TPSA) is 50.9 Å². The van der Waals surface area contributed by atoms with Crippen LogP contribution >= 0.6 is 0 Å². The van der Waals surface area contributed by atoms with Crippen LogP contribution < -0.4 is 0 Å². The van der Waals surface area contributed by atoms with Gasteiger partial charge in [-0.1, -0.05) is 116 Å². The molecule has 192 valence electrons. The summed E-state index contributed by atoms with van der Waals surface area (Å²) in [6, 6.07) is 12.2. The van der Waals surface area contributed by atoms with Crippen molar-refractivity contribution in [1.82, 2.24) is 15.0 Å². The van der Waals surface area contributed by atoms with Gasteiger partial charge >= 0.3 is 0 Å². The number of benzene rings is 2. The van der Waals surface area contributed by atoms with Gasteiger partial charge in [0.05, 0.1) is 0 Å². The van der Waals surface area contributed by atoms with Crippen LogP contribution in [0.25, 0.3) is 16.7 Å². The van der Waals surface area contributed by atoms with Crippen molar-refractivity contribution in [3.63, 3.8) is 0 Å². The Bertz CT molecular complexity index is 961. The molecule has 0 unspecified atom stereocenters. The average Bonchev–Trinajstić information content (AvgIpc) is 3.30. The lowest BCUT2D eigenvalue weighted by atomic mass is 9.98. The molecule has 2 aromatic carbocycles. The second-order valence-corrected chi connectivity index (χ2v) is 10.2. The Morgan fingerprint density at radius 3 is 1.66 bits per heavy atom. The molecule has 3 rings (SSSR count). The van der Waals surface area contributed by atoms with Gasteiger partial charge in [0, 0.05) is 0 Å². The molecule has 0 amide bonds. The number of phenols is 1. The third kappa shape index (κ3) is 8.98. The van der Waals surface area contributed by atoms with Crippen LogP contribution in [-0.2, 0) is 12.8 Å². The average molecular weight is 478 g/mol. The first-order valence-corrected chi connectivity index (χ1v) is 14.4. The first kappa shape index (κ1) is 27.2. The molecule has 1 heterocycles. The van der Waals surface area contributed by atoms with Crippen LogP contribution in [0, 0.1) is 0 Å². The molecular formula is C31H47N3O. The maximum absolute atomic E-state index is 11.2. The third-order valence-electron chi connectivity index (χ3n) is 7.10. The van der Waals surface area contributed by atoms with Crippen molar-refractivity contribution in [2.24, 2.45) is 0 Å². The van der Waals surface area contributed by atoms with Gasteiger partial charge in [0.15, 0.2) is 0 Å². The van der Waals surface area contributed by atoms with Crippen molar-refractivity contribution in [1.29, 1.82) is 0 Å². The van der Waals surface area contributed by atoms with Gasteiger partial charge in [-0.2, -0.15) is 0 Å². The maximum Gasteiger partial charge on any atom is 0.146 e. The number of hydrogen-bond donors (Lipinski definition) is 1. The summed E-state index contributed by atoms with van der Waals surface area (Å²) in [5.74, 6) is 0.343. The van der Waals surface area contributed by atoms with Crippen LogP contribution in [0.15, 0.2) is 36.4 Å². The molecule has 0 aliphatic carbocycles. The van der Waals surface area contributed by atoms with Gasteiger partial charge in [-0.25, -0.2) is 0 Å². The zero-order valence-electron chi connectivity index (χ0n) is 22.3. The standard InChI is InChI=1S/C31H47N3O/c1-3-5-7-9-10-11-12-13-15-17-21-27-24-26(20-16-14-8-6-4-2)25-30(31(27)35)34-32-28-22-18-19-23-29(28)33-34/h18-19,22-25,35H,3-17,20-21H2,1-2H3. The summed E-state index contributed by atoms with van der Waals surface area (Å²) in [7, 11) is 0. The molecule has 0 bridgehead atoms. The van der Waals surface area contributed by atoms with E-state index in [0.717, 1.165) is 35.9 Å². The number of rotatable bonds is 18. The highest BCUT2D eigenvalue weighted by Gasteiger charge is 2.14. The van der Waals surface area contributed by atoms with E-state index in [1.807, 2.05) is 24.3 Å². The highest BCUT2D eigenvalue weighted by Crippen LogP contribution is 2.30. The van der Waals surface area contributed by atoms with Crippen LogP contribution in [0.2, 0.25) is 0 Å². The fourth-order valence-corrected chi connectivity index (χ4v) is 4.93. The number of phenolic OH excluding ortho intramolecular Hbond substituents is 1. The summed E-state index contributed by atoms with van der Waals surface area (Å²) in [5, 5.41) is 20.5. The van der Waals surface area contributed by atoms with Gasteiger partial charge in [0.1, 0.15) is 22.5 Å². The summed E-state index contributed by atoms with van der Waals surface area (Å²) in [5.41, 5.74) is 4.76. The van der Waals surface area contributed by atoms with E-state index < -0.39 is 0 Å². The summed E-state index contributed by atoms with van der Waals surface area (Å²) in [4.78, 5) is 1.63. The highest BCUT2D eigenvalue weighted by atomic mass is 16.3. The predicted molar refractivity (Wildman–Crippen MR) is 149 cm³/mol. The predicted octanol–water partition coefficient (Wildman–Crippen LogP) is 9.10. The quantitative estimate of drug-likeness (QED) is 0.186. The van der Waals surface area contributed by atoms with Crippen LogP contribution in [0.3, 0.4) is 0 Å². The molecule has 0 atom stereocenters. The molecule has 4 nitrogen and oxygen atoms in total. The molecule has 1 N–H and O–H groups in total. The Labute approximate surface area is 213 Å². The summed E-state index contributed by atoms with van der Waals surface area (Å²) in [6.45, 7) is 4.53. The van der Waals surface area contributed by atoms with E-state index in [1.165, 1.54) is 95.5 Å². The second-order valence-electron chi connectivity index (χ2n) is 10.2. The highest BCUT2D eigenvalue weighted by molar-refractivity contribution is 5.73. The van der Waals surface area contributed by atoms with Crippen molar-refractivity contribution in [3.8, 4) is 11.4 Å². The normalized spacial score (nSPS) is 11.5. The Hall–Kier alpha value is -2.36. The van der Waals surface area contributed by atoms with Gasteiger partial charge in [-0.05, 0) is 55.0 Å². The molecular weight excluding hydrogens is 430 g/mol. The van der Waals surface area contributed by atoms with E-state index in [9.17, 15) is 5.11 Å². The molecule has 0 radical (unpaired) electrons. The van der Waals surface area contributed by atoms with Crippen molar-refractivity contribution >= 4 is 11.0 Å². The molecule has 0 fully saturated rings. The molecule has 0 spiro atoms. The number of hydrogen-bond acceptors (Lipinski definition) is 3. The number of fused-ring (bicyclic) bond motifs is 1. The minimum atomic E-state index is 0.343. The molecule has 4 heteroatoms. The largest absolute Gasteiger partial charge is 0.505 e. The molecule has 3 aromatic rings. The van der Waals surface area contributed by atoms with Crippen molar-refractivity contribution in [3.05, 3.63) is 47.5 Å². The minimum Gasteiger partial charge on any atom is -0.505 e. The van der Waals surface area contributed by atoms with Crippen LogP contribution in [0.1, 0.15) is 121 Å². The number of aryl methyl sites for hydroxylation is 2. The molecule has 0 aliphatic heterocycles. The fourth-order valence-electron chi connectivity index (χ4n) is 4.93. The lowest BCUT2D eigenvalue weighted by molar-refractivity contribution is 0.458. The number of unbranched alkanes of at least 4 members (excludes halogenated alkanes) is 13. The Morgan fingerprint density at radius 1 is 0.629 bits per heavy atom. The summed E-state index contributed by atoms with van der Waals surface area (Å²) in [6.07, 6.45) is 21.5. The van der Waals surface area contributed by atoms with E-state index in [0.29, 0.717) is 11.4 Å². The zero-order valence-corrected chi connectivity index (χ0v) is 22.3. The molecule has 0 aliphatic rings. The maximum atomic E-state index is 11.2. The molecule has 0 saturated carbocycles. The van der Waals surface area contributed by atoms with Crippen LogP contribution in [-0.4, -0.2) is 20.1 Å². The SMILES string of the molecule is CCCCCCCCCCCCc1cc(CCCCCCC)cc(-n2nc3ccccc3n2)c1O. The number of aromatic hydroxyl groups is 1. The van der Waals surface area contributed by atoms with E-state index in [4.69, 9.17) is 0 Å². The number of aromatic nitrogens is 3. The second kappa shape index (κ2) is 15.6. The monoisotopic (exact) mass is 477 g/mol. The van der Waals surface area contributed by atoms with Gasteiger partial charge in [0.2, 0.25) is 0 Å². The Balaban J connectivity index is 1.60. The summed E-state index contributed by atoms with van der Waals surface area (Å²) >= 11 is 0. The summed E-state index contributed by atoms with van der Waals surface area (Å²) < 4.78 is 0. The van der Waals surface area contributed by atoms with Crippen molar-refractivity contribution in [2.75, 3.05) is 0 Å². The molecule has 35 heavy (non-hydrogen) atoms. The minimum absolute atomic E-state index is 0.343. The van der Waals surface area contributed by atoms with Gasteiger partial charge < -0.3 is 5.11 Å². The van der Waals surface area contributed by atoms with E-state index in [2.05, 4.69) is 36.2 Å². The van der Waals surface area contributed by atoms with E-state index >= 15 is 0 Å². The molecule has 0 saturated heterocycles. The van der Waals surface area contributed by atoms with Crippen LogP contribution in [0.4, 0.5) is 0 Å². The lowest BCUT2D eigenvalue weighted by Crippen LogP contribution is -2.03. The van der Waals surface area contributed by atoms with E-state index in [-0.39, 0.29) is 0 Å². The van der Waals surface area contributed by atoms with Gasteiger partial charge in [0.25, 0.3) is 0 Å². The van der Waals surface area contributed by atoms with E-state index in [1.54, 1.807) is 4.80 Å². The first-order chi connectivity index (χ1) is 17.2. The zero-order chi connectivity index (χ0) is 24.7.